The first-order valence-electron chi connectivity index (χ1n) is 5.31. The fraction of sp³-hybridized carbons (Fsp3) is 0.600. The van der Waals surface area contributed by atoms with Crippen LogP contribution >= 0.6 is 0 Å². The van der Waals surface area contributed by atoms with Gasteiger partial charge in [-0.3, -0.25) is 4.68 Å². The maximum Gasteiger partial charge on any atom is 0.156 e. The van der Waals surface area contributed by atoms with Crippen molar-refractivity contribution < 1.29 is 8.42 Å². The second-order valence-corrected chi connectivity index (χ2v) is 6.59. The number of hydrogen-bond acceptors (Lipinski definition) is 4. The van der Waals surface area contributed by atoms with Gasteiger partial charge in [0.05, 0.1) is 23.2 Å². The van der Waals surface area contributed by atoms with Crippen molar-refractivity contribution in [3.8, 4) is 6.07 Å². The van der Waals surface area contributed by atoms with E-state index in [9.17, 15) is 8.42 Å². The van der Waals surface area contributed by atoms with Crippen molar-refractivity contribution in [2.45, 2.75) is 31.1 Å². The van der Waals surface area contributed by atoms with Gasteiger partial charge in [0.25, 0.3) is 0 Å². The van der Waals surface area contributed by atoms with Crippen molar-refractivity contribution in [3.63, 3.8) is 0 Å². The van der Waals surface area contributed by atoms with Gasteiger partial charge >= 0.3 is 0 Å². The van der Waals surface area contributed by atoms with E-state index in [0.717, 1.165) is 18.4 Å². The van der Waals surface area contributed by atoms with Crippen LogP contribution in [0, 0.1) is 11.3 Å². The van der Waals surface area contributed by atoms with E-state index >= 15 is 0 Å². The summed E-state index contributed by atoms with van der Waals surface area (Å²) in [5.41, 5.74) is 2.02. The van der Waals surface area contributed by atoms with Gasteiger partial charge in [-0.1, -0.05) is 0 Å². The summed E-state index contributed by atoms with van der Waals surface area (Å²) < 4.78 is 24.7. The van der Waals surface area contributed by atoms with E-state index in [0.29, 0.717) is 23.9 Å². The van der Waals surface area contributed by atoms with Crippen LogP contribution in [0.3, 0.4) is 0 Å². The summed E-state index contributed by atoms with van der Waals surface area (Å²) in [5.74, 6) is 0.141. The first-order valence-corrected chi connectivity index (χ1v) is 7.13. The molecule has 1 aromatic heterocycles. The zero-order valence-corrected chi connectivity index (χ0v) is 9.50. The third kappa shape index (κ3) is 1.43. The monoisotopic (exact) mass is 237 g/mol. The molecule has 0 aromatic carbocycles. The van der Waals surface area contributed by atoms with Crippen LogP contribution in [0.1, 0.15) is 35.8 Å². The quantitative estimate of drug-likeness (QED) is 0.715. The number of rotatable bonds is 1. The summed E-state index contributed by atoms with van der Waals surface area (Å²) in [7, 11) is -3.00. The lowest BCUT2D eigenvalue weighted by molar-refractivity contribution is 0.588. The molecule has 1 aromatic rings. The van der Waals surface area contributed by atoms with Gasteiger partial charge in [-0.2, -0.15) is 10.4 Å². The third-order valence-corrected chi connectivity index (χ3v) is 4.65. The van der Waals surface area contributed by atoms with Crippen LogP contribution in [-0.4, -0.2) is 24.0 Å². The Balaban J connectivity index is 2.13. The SMILES string of the molecule is N#Cc1c2c(nn1C1CC1)CS(=O)(=O)CC2. The van der Waals surface area contributed by atoms with Crippen LogP contribution in [0.5, 0.6) is 0 Å². The van der Waals surface area contributed by atoms with E-state index in [2.05, 4.69) is 11.2 Å². The molecule has 0 radical (unpaired) electrons. The molecule has 2 aliphatic rings. The van der Waals surface area contributed by atoms with Crippen molar-refractivity contribution in [1.29, 1.82) is 5.26 Å². The predicted octanol–water partition coefficient (Wildman–Crippen LogP) is 0.561. The number of fused-ring (bicyclic) bond motifs is 1. The molecule has 0 atom stereocenters. The number of aromatic nitrogens is 2. The molecule has 6 heteroatoms. The molecule has 0 bridgehead atoms. The molecule has 3 rings (SSSR count). The minimum atomic E-state index is -3.00. The molecule has 1 aliphatic heterocycles. The molecule has 0 saturated heterocycles. The highest BCUT2D eigenvalue weighted by molar-refractivity contribution is 7.90. The van der Waals surface area contributed by atoms with E-state index in [4.69, 9.17) is 5.26 Å². The van der Waals surface area contributed by atoms with Gasteiger partial charge in [0, 0.05) is 5.56 Å². The predicted molar refractivity (Wildman–Crippen MR) is 56.4 cm³/mol. The average molecular weight is 237 g/mol. The highest BCUT2D eigenvalue weighted by Crippen LogP contribution is 2.37. The molecule has 0 unspecified atom stereocenters. The molecule has 16 heavy (non-hydrogen) atoms. The molecule has 0 amide bonds. The molecule has 1 fully saturated rings. The Kier molecular flexibility index (Phi) is 1.89. The Morgan fingerprint density at radius 2 is 2.19 bits per heavy atom. The van der Waals surface area contributed by atoms with Gasteiger partial charge in [0.15, 0.2) is 9.84 Å². The lowest BCUT2D eigenvalue weighted by Crippen LogP contribution is -2.18. The smallest absolute Gasteiger partial charge is 0.156 e. The van der Waals surface area contributed by atoms with Crippen LogP contribution < -0.4 is 0 Å². The van der Waals surface area contributed by atoms with E-state index < -0.39 is 9.84 Å². The highest BCUT2D eigenvalue weighted by Gasteiger charge is 2.33. The third-order valence-electron chi connectivity index (χ3n) is 3.11. The molecule has 84 valence electrons. The first kappa shape index (κ1) is 9.85. The van der Waals surface area contributed by atoms with Gasteiger partial charge in [0.1, 0.15) is 11.8 Å². The van der Waals surface area contributed by atoms with Crippen molar-refractivity contribution in [1.82, 2.24) is 9.78 Å². The minimum Gasteiger partial charge on any atom is -0.251 e. The van der Waals surface area contributed by atoms with Crippen molar-refractivity contribution in [3.05, 3.63) is 17.0 Å². The fourth-order valence-electron chi connectivity index (χ4n) is 2.13. The summed E-state index contributed by atoms with van der Waals surface area (Å²) in [6.07, 6.45) is 2.53. The zero-order valence-electron chi connectivity index (χ0n) is 8.68. The summed E-state index contributed by atoms with van der Waals surface area (Å²) in [6, 6.07) is 2.48. The molecule has 1 saturated carbocycles. The summed E-state index contributed by atoms with van der Waals surface area (Å²) in [5, 5.41) is 13.4. The van der Waals surface area contributed by atoms with Crippen LogP contribution in [0.25, 0.3) is 0 Å². The summed E-state index contributed by atoms with van der Waals surface area (Å²) in [4.78, 5) is 0. The van der Waals surface area contributed by atoms with Gasteiger partial charge < -0.3 is 0 Å². The van der Waals surface area contributed by atoms with Crippen molar-refractivity contribution in [2.75, 3.05) is 5.75 Å². The average Bonchev–Trinajstić information content (AvgIpc) is 2.99. The van der Waals surface area contributed by atoms with Crippen LogP contribution in [0.15, 0.2) is 0 Å². The maximum absolute atomic E-state index is 11.5. The van der Waals surface area contributed by atoms with Crippen molar-refractivity contribution >= 4 is 9.84 Å². The normalized spacial score (nSPS) is 22.4. The number of nitriles is 1. The number of sulfone groups is 1. The van der Waals surface area contributed by atoms with Gasteiger partial charge in [-0.05, 0) is 19.3 Å². The molecular weight excluding hydrogens is 226 g/mol. The van der Waals surface area contributed by atoms with E-state index in [-0.39, 0.29) is 11.5 Å². The maximum atomic E-state index is 11.5. The van der Waals surface area contributed by atoms with Crippen LogP contribution in [-0.2, 0) is 22.0 Å². The van der Waals surface area contributed by atoms with Gasteiger partial charge in [-0.25, -0.2) is 8.42 Å². The molecule has 2 heterocycles. The Morgan fingerprint density at radius 1 is 1.44 bits per heavy atom. The van der Waals surface area contributed by atoms with Crippen molar-refractivity contribution in [2.24, 2.45) is 0 Å². The Morgan fingerprint density at radius 3 is 2.81 bits per heavy atom. The molecule has 0 N–H and O–H groups in total. The number of hydrogen-bond donors (Lipinski definition) is 0. The number of nitrogens with zero attached hydrogens (tertiary/aromatic N) is 3. The Hall–Kier alpha value is -1.35. The van der Waals surface area contributed by atoms with E-state index in [1.165, 1.54) is 0 Å². The topological polar surface area (TPSA) is 75.8 Å². The van der Waals surface area contributed by atoms with E-state index in [1.807, 2.05) is 0 Å². The van der Waals surface area contributed by atoms with Crippen LogP contribution in [0.2, 0.25) is 0 Å². The molecule has 1 aliphatic carbocycles. The summed E-state index contributed by atoms with van der Waals surface area (Å²) in [6.45, 7) is 0. The Bertz CT molecular complexity index is 590. The molecule has 0 spiro atoms. The second kappa shape index (κ2) is 3.08. The fourth-order valence-corrected chi connectivity index (χ4v) is 3.44. The Labute approximate surface area is 93.6 Å². The second-order valence-electron chi connectivity index (χ2n) is 4.40. The first-order chi connectivity index (χ1) is 7.61. The molecule has 5 nitrogen and oxygen atoms in total. The largest absolute Gasteiger partial charge is 0.251 e. The van der Waals surface area contributed by atoms with Crippen LogP contribution in [0.4, 0.5) is 0 Å². The van der Waals surface area contributed by atoms with E-state index in [1.54, 1.807) is 4.68 Å². The highest BCUT2D eigenvalue weighted by atomic mass is 32.2. The lowest BCUT2D eigenvalue weighted by atomic mass is 10.1. The summed E-state index contributed by atoms with van der Waals surface area (Å²) >= 11 is 0. The lowest BCUT2D eigenvalue weighted by Gasteiger charge is -2.09. The van der Waals surface area contributed by atoms with Gasteiger partial charge in [0.2, 0.25) is 0 Å². The zero-order chi connectivity index (χ0) is 11.3. The minimum absolute atomic E-state index is 0.00324. The standard InChI is InChI=1S/C10H11N3O2S/c11-5-10-8-3-4-16(14,15)6-9(8)12-13(10)7-1-2-7/h7H,1-4,6H2. The molecular formula is C10H11N3O2S. The van der Waals surface area contributed by atoms with Gasteiger partial charge in [-0.15, -0.1) is 0 Å².